The number of aliphatic hydroxyl groups is 1. The third-order valence-electron chi connectivity index (χ3n) is 8.26. The highest BCUT2D eigenvalue weighted by atomic mass is 16.5. The Morgan fingerprint density at radius 2 is 1.89 bits per heavy atom. The summed E-state index contributed by atoms with van der Waals surface area (Å²) in [4.78, 5) is 43.5. The quantitative estimate of drug-likeness (QED) is 0.435. The number of aliphatic hydroxyl groups excluding tert-OH is 1. The molecule has 2 atom stereocenters. The predicted octanol–water partition coefficient (Wildman–Crippen LogP) is 3.24. The molecule has 0 radical (unpaired) electrons. The molecule has 11 nitrogen and oxygen atoms in total. The molecule has 1 fully saturated rings. The summed E-state index contributed by atoms with van der Waals surface area (Å²) in [7, 11) is 1.77. The first-order valence-electron chi connectivity index (χ1n) is 15.8. The van der Waals surface area contributed by atoms with E-state index in [2.05, 4.69) is 17.3 Å². The fraction of sp³-hybridized carbons (Fsp3) is 0.471. The largest absolute Gasteiger partial charge is 0.457 e. The molecule has 2 aromatic carbocycles. The van der Waals surface area contributed by atoms with Gasteiger partial charge in [-0.25, -0.2) is 0 Å². The van der Waals surface area contributed by atoms with Crippen LogP contribution in [-0.4, -0.2) is 87.3 Å². The van der Waals surface area contributed by atoms with Gasteiger partial charge in [0.15, 0.2) is 0 Å². The molecule has 240 valence electrons. The summed E-state index contributed by atoms with van der Waals surface area (Å²) in [6, 6.07) is 16.7. The lowest BCUT2D eigenvalue weighted by atomic mass is 10.0. The summed E-state index contributed by atoms with van der Waals surface area (Å²) in [5.74, 6) is 0.720. The molecule has 4 heterocycles. The van der Waals surface area contributed by atoms with Crippen LogP contribution in [0.15, 0.2) is 54.6 Å². The van der Waals surface area contributed by atoms with Gasteiger partial charge in [0.05, 0.1) is 31.0 Å². The van der Waals surface area contributed by atoms with Crippen LogP contribution >= 0.6 is 0 Å². The van der Waals surface area contributed by atoms with Crippen molar-refractivity contribution in [2.75, 3.05) is 32.8 Å². The van der Waals surface area contributed by atoms with E-state index in [-0.39, 0.29) is 56.5 Å². The van der Waals surface area contributed by atoms with Crippen LogP contribution in [0.2, 0.25) is 0 Å². The van der Waals surface area contributed by atoms with E-state index in [0.717, 1.165) is 29.7 Å². The smallest absolute Gasteiger partial charge is 0.272 e. The molecule has 1 saturated heterocycles. The number of aryl methyl sites for hydroxylation is 3. The molecule has 3 aliphatic heterocycles. The Balaban J connectivity index is 1.38. The molecule has 0 saturated carbocycles. The highest BCUT2D eigenvalue weighted by Gasteiger charge is 2.35. The van der Waals surface area contributed by atoms with Crippen LogP contribution in [0.4, 0.5) is 0 Å². The summed E-state index contributed by atoms with van der Waals surface area (Å²) < 4.78 is 14.1. The first-order chi connectivity index (χ1) is 21.8. The van der Waals surface area contributed by atoms with Gasteiger partial charge in [0.2, 0.25) is 11.8 Å². The van der Waals surface area contributed by atoms with Gasteiger partial charge in [0, 0.05) is 39.7 Å². The van der Waals surface area contributed by atoms with E-state index in [1.165, 1.54) is 4.90 Å². The first kappa shape index (κ1) is 32.2. The molecule has 11 heteroatoms. The number of benzene rings is 2. The zero-order valence-electron chi connectivity index (χ0n) is 26.1. The highest BCUT2D eigenvalue weighted by Crippen LogP contribution is 2.25. The third-order valence-corrected chi connectivity index (χ3v) is 8.26. The Kier molecular flexibility index (Phi) is 10.9. The van der Waals surface area contributed by atoms with Crippen LogP contribution in [0.1, 0.15) is 59.9 Å². The number of likely N-dealkylation sites (tertiary alicyclic amines) is 1. The number of hydrogen-bond acceptors (Lipinski definition) is 7. The summed E-state index contributed by atoms with van der Waals surface area (Å²) in [5.41, 5.74) is 3.28. The molecule has 1 aromatic heterocycles. The Morgan fingerprint density at radius 1 is 1.07 bits per heavy atom. The van der Waals surface area contributed by atoms with Crippen molar-refractivity contribution in [2.24, 2.45) is 7.05 Å². The number of piperidine rings is 1. The first-order valence-corrected chi connectivity index (χ1v) is 15.8. The van der Waals surface area contributed by atoms with Crippen molar-refractivity contribution in [1.29, 1.82) is 0 Å². The molecular weight excluding hydrogens is 574 g/mol. The van der Waals surface area contributed by atoms with Crippen LogP contribution < -0.4 is 10.1 Å². The Labute approximate surface area is 264 Å². The molecule has 2 N–H and O–H groups in total. The Bertz CT molecular complexity index is 1470. The van der Waals surface area contributed by atoms with Crippen molar-refractivity contribution in [1.82, 2.24) is 24.9 Å². The number of hydrogen-bond donors (Lipinski definition) is 2. The average Bonchev–Trinajstić information content (AvgIpc) is 3.41. The Hall–Kier alpha value is -4.22. The van der Waals surface area contributed by atoms with Crippen LogP contribution in [0.5, 0.6) is 11.5 Å². The molecule has 45 heavy (non-hydrogen) atoms. The fourth-order valence-corrected chi connectivity index (χ4v) is 5.87. The van der Waals surface area contributed by atoms with Gasteiger partial charge in [-0.3, -0.25) is 19.1 Å². The summed E-state index contributed by atoms with van der Waals surface area (Å²) in [6.45, 7) is 3.12. The predicted molar refractivity (Wildman–Crippen MR) is 168 cm³/mol. The highest BCUT2D eigenvalue weighted by molar-refractivity contribution is 5.93. The van der Waals surface area contributed by atoms with Crippen LogP contribution in [-0.2, 0) is 40.8 Å². The number of carbonyl (C=O) groups excluding carboxylic acids is 3. The zero-order valence-corrected chi connectivity index (χ0v) is 26.1. The number of nitrogens with zero attached hydrogens (tertiary/aromatic N) is 4. The van der Waals surface area contributed by atoms with Gasteiger partial charge in [-0.15, -0.1) is 0 Å². The van der Waals surface area contributed by atoms with Gasteiger partial charge in [-0.1, -0.05) is 37.6 Å². The second kappa shape index (κ2) is 15.2. The van der Waals surface area contributed by atoms with Gasteiger partial charge < -0.3 is 29.7 Å². The van der Waals surface area contributed by atoms with Crippen molar-refractivity contribution in [3.8, 4) is 11.5 Å². The monoisotopic (exact) mass is 617 g/mol. The molecule has 4 bridgehead atoms. The average molecular weight is 618 g/mol. The lowest BCUT2D eigenvalue weighted by Gasteiger charge is -2.39. The van der Waals surface area contributed by atoms with E-state index in [4.69, 9.17) is 9.47 Å². The van der Waals surface area contributed by atoms with E-state index in [0.29, 0.717) is 49.6 Å². The number of carbonyl (C=O) groups is 3. The summed E-state index contributed by atoms with van der Waals surface area (Å²) >= 11 is 0. The number of fused-ring (bicyclic) bond motifs is 9. The van der Waals surface area contributed by atoms with E-state index in [1.807, 2.05) is 54.6 Å². The van der Waals surface area contributed by atoms with Crippen LogP contribution in [0.25, 0.3) is 0 Å². The molecule has 3 aliphatic rings. The van der Waals surface area contributed by atoms with Crippen molar-refractivity contribution in [2.45, 2.75) is 64.2 Å². The van der Waals surface area contributed by atoms with Crippen molar-refractivity contribution >= 4 is 17.7 Å². The number of amides is 3. The van der Waals surface area contributed by atoms with E-state index in [1.54, 1.807) is 16.6 Å². The van der Waals surface area contributed by atoms with E-state index >= 15 is 0 Å². The molecular formula is C34H43N5O6. The summed E-state index contributed by atoms with van der Waals surface area (Å²) in [6.07, 6.45) is 2.98. The maximum Gasteiger partial charge on any atom is 0.272 e. The third kappa shape index (κ3) is 8.49. The van der Waals surface area contributed by atoms with E-state index < -0.39 is 6.04 Å². The molecule has 6 rings (SSSR count). The second-order valence-corrected chi connectivity index (χ2v) is 11.7. The minimum atomic E-state index is -0.495. The second-order valence-electron chi connectivity index (χ2n) is 11.7. The SMILES string of the molecule is CCCc1cc(C(=O)N2CC[C@@H]3OCc4cccc(c4)Oc4ccc(cc4)CCC(=O)N(CCCO)CC(=O)N[C@H]3C2)n(C)n1. The number of ether oxygens (including phenoxy) is 2. The minimum Gasteiger partial charge on any atom is -0.457 e. The van der Waals surface area contributed by atoms with Gasteiger partial charge in [0.25, 0.3) is 5.91 Å². The number of aromatic nitrogens is 2. The van der Waals surface area contributed by atoms with Crippen molar-refractivity contribution < 1.29 is 29.0 Å². The topological polar surface area (TPSA) is 126 Å². The molecule has 0 unspecified atom stereocenters. The molecule has 3 amide bonds. The lowest BCUT2D eigenvalue weighted by molar-refractivity contribution is -0.137. The maximum absolute atomic E-state index is 13.6. The van der Waals surface area contributed by atoms with Crippen molar-refractivity contribution in [3.05, 3.63) is 77.1 Å². The maximum atomic E-state index is 13.6. The number of nitrogens with one attached hydrogen (secondary N) is 1. The minimum absolute atomic E-state index is 0.0861. The molecule has 3 aromatic rings. The van der Waals surface area contributed by atoms with Crippen LogP contribution in [0, 0.1) is 0 Å². The zero-order chi connectivity index (χ0) is 31.8. The fourth-order valence-electron chi connectivity index (χ4n) is 5.87. The molecule has 0 spiro atoms. The number of rotatable bonds is 6. The Morgan fingerprint density at radius 3 is 2.67 bits per heavy atom. The van der Waals surface area contributed by atoms with Gasteiger partial charge in [-0.05, 0) is 67.1 Å². The standard InChI is InChI=1S/C34H43N5O6/c1-3-6-26-20-30(37(2)36-26)34(43)39-17-15-31-29(21-39)35-32(41)22-38(16-5-18-40)33(42)14-11-24-9-12-27(13-10-24)45-28-8-4-7-25(19-28)23-44-31/h4,7-10,12-13,19-20,29,31,40H,3,5-6,11,14-18,21-23H2,1-2H3,(H,35,41)/t29-,31-/m0/s1. The van der Waals surface area contributed by atoms with Gasteiger partial charge in [0.1, 0.15) is 17.2 Å². The normalized spacial score (nSPS) is 19.6. The molecule has 0 aliphatic carbocycles. The van der Waals surface area contributed by atoms with Crippen molar-refractivity contribution in [3.63, 3.8) is 0 Å². The summed E-state index contributed by atoms with van der Waals surface area (Å²) in [5, 5.41) is 17.0. The van der Waals surface area contributed by atoms with Gasteiger partial charge >= 0.3 is 0 Å². The van der Waals surface area contributed by atoms with Gasteiger partial charge in [-0.2, -0.15) is 5.10 Å². The van der Waals surface area contributed by atoms with Crippen LogP contribution in [0.3, 0.4) is 0 Å². The van der Waals surface area contributed by atoms with E-state index in [9.17, 15) is 19.5 Å². The lowest BCUT2D eigenvalue weighted by Crippen LogP contribution is -2.58.